The molecule has 3 rings (SSSR count). The summed E-state index contributed by atoms with van der Waals surface area (Å²) in [7, 11) is 1.63. The molecule has 1 aromatic carbocycles. The van der Waals surface area contributed by atoms with Gasteiger partial charge in [0, 0.05) is 10.4 Å². The van der Waals surface area contributed by atoms with E-state index in [0.29, 0.717) is 6.42 Å². The maximum Gasteiger partial charge on any atom is 0.229 e. The number of aromatic nitrogens is 2. The van der Waals surface area contributed by atoms with Gasteiger partial charge in [-0.05, 0) is 42.1 Å². The molecule has 0 aliphatic rings. The molecule has 1 amide bonds. The number of hydrogen-bond donors (Lipinski definition) is 2. The molecule has 2 aromatic heterocycles. The maximum absolute atomic E-state index is 12.4. The van der Waals surface area contributed by atoms with Gasteiger partial charge in [-0.15, -0.1) is 11.3 Å². The molecule has 124 valence electrons. The predicted octanol–water partition coefficient (Wildman–Crippen LogP) is 3.89. The molecule has 5 nitrogen and oxygen atoms in total. The Morgan fingerprint density at radius 2 is 2.08 bits per heavy atom. The van der Waals surface area contributed by atoms with Gasteiger partial charge in [0.2, 0.25) is 5.91 Å². The number of aromatic amines is 1. The fourth-order valence-corrected chi connectivity index (χ4v) is 3.18. The van der Waals surface area contributed by atoms with E-state index in [9.17, 15) is 4.79 Å². The molecule has 0 fully saturated rings. The molecule has 0 unspecified atom stereocenters. The summed E-state index contributed by atoms with van der Waals surface area (Å²) in [4.78, 5) is 13.4. The van der Waals surface area contributed by atoms with E-state index in [1.165, 1.54) is 0 Å². The van der Waals surface area contributed by atoms with Crippen LogP contribution in [0, 0.1) is 0 Å². The van der Waals surface area contributed by atoms with Crippen LogP contribution in [0.3, 0.4) is 0 Å². The molecule has 2 N–H and O–H groups in total. The number of amides is 1. The lowest BCUT2D eigenvalue weighted by Gasteiger charge is -2.08. The summed E-state index contributed by atoms with van der Waals surface area (Å²) in [6, 6.07) is 11.5. The van der Waals surface area contributed by atoms with Crippen LogP contribution in [0.25, 0.3) is 11.3 Å². The number of nitrogens with one attached hydrogen (secondary N) is 2. The molecule has 0 spiro atoms. The zero-order valence-corrected chi connectivity index (χ0v) is 14.4. The van der Waals surface area contributed by atoms with Crippen molar-refractivity contribution in [3.05, 3.63) is 52.3 Å². The highest BCUT2D eigenvalue weighted by molar-refractivity contribution is 7.10. The highest BCUT2D eigenvalue weighted by atomic mass is 32.1. The zero-order chi connectivity index (χ0) is 16.9. The molecule has 2 heterocycles. The first-order valence-electron chi connectivity index (χ1n) is 7.75. The van der Waals surface area contributed by atoms with Gasteiger partial charge in [-0.2, -0.15) is 5.10 Å². The van der Waals surface area contributed by atoms with Gasteiger partial charge in [0.05, 0.1) is 24.9 Å². The SMILES string of the molecule is CCc1[nH]nc(-c2ccc(OC)cc2)c1NC(=O)Cc1cccs1. The lowest BCUT2D eigenvalue weighted by Crippen LogP contribution is -2.15. The number of methoxy groups -OCH3 is 1. The van der Waals surface area contributed by atoms with E-state index in [-0.39, 0.29) is 5.91 Å². The molecule has 0 saturated heterocycles. The van der Waals surface area contributed by atoms with Crippen molar-refractivity contribution in [3.8, 4) is 17.0 Å². The third-order valence-electron chi connectivity index (χ3n) is 3.74. The van der Waals surface area contributed by atoms with Crippen LogP contribution in [0.2, 0.25) is 0 Å². The molecular weight excluding hydrogens is 322 g/mol. The molecule has 0 bridgehead atoms. The fraction of sp³-hybridized carbons (Fsp3) is 0.222. The number of ether oxygens (including phenoxy) is 1. The van der Waals surface area contributed by atoms with Crippen LogP contribution in [0.15, 0.2) is 41.8 Å². The van der Waals surface area contributed by atoms with Crippen LogP contribution in [0.5, 0.6) is 5.75 Å². The lowest BCUT2D eigenvalue weighted by molar-refractivity contribution is -0.115. The van der Waals surface area contributed by atoms with Crippen molar-refractivity contribution in [1.82, 2.24) is 10.2 Å². The Hall–Kier alpha value is -2.60. The Kier molecular flexibility index (Phi) is 4.96. The molecule has 0 aliphatic carbocycles. The minimum Gasteiger partial charge on any atom is -0.497 e. The molecule has 0 radical (unpaired) electrons. The third kappa shape index (κ3) is 3.49. The van der Waals surface area contributed by atoms with Crippen LogP contribution in [-0.2, 0) is 17.6 Å². The van der Waals surface area contributed by atoms with Gasteiger partial charge in [-0.1, -0.05) is 13.0 Å². The molecule has 6 heteroatoms. The fourth-order valence-electron chi connectivity index (χ4n) is 2.48. The average molecular weight is 341 g/mol. The van der Waals surface area contributed by atoms with E-state index in [4.69, 9.17) is 4.74 Å². The summed E-state index contributed by atoms with van der Waals surface area (Å²) in [5.74, 6) is 0.747. The number of hydrogen-bond acceptors (Lipinski definition) is 4. The first kappa shape index (κ1) is 16.3. The maximum atomic E-state index is 12.4. The smallest absolute Gasteiger partial charge is 0.229 e. The van der Waals surface area contributed by atoms with Crippen LogP contribution < -0.4 is 10.1 Å². The summed E-state index contributed by atoms with van der Waals surface area (Å²) < 4.78 is 5.19. The van der Waals surface area contributed by atoms with E-state index >= 15 is 0 Å². The van der Waals surface area contributed by atoms with Crippen molar-refractivity contribution in [2.24, 2.45) is 0 Å². The van der Waals surface area contributed by atoms with Crippen molar-refractivity contribution in [2.75, 3.05) is 12.4 Å². The highest BCUT2D eigenvalue weighted by Gasteiger charge is 2.17. The van der Waals surface area contributed by atoms with E-state index in [1.807, 2.05) is 48.7 Å². The molecule has 0 saturated carbocycles. The Labute approximate surface area is 144 Å². The summed E-state index contributed by atoms with van der Waals surface area (Å²) >= 11 is 1.58. The minimum atomic E-state index is -0.0386. The monoisotopic (exact) mass is 341 g/mol. The van der Waals surface area contributed by atoms with Gasteiger partial charge >= 0.3 is 0 Å². The molecule has 0 atom stereocenters. The standard InChI is InChI=1S/C18H19N3O2S/c1-3-15-18(19-16(22)11-14-5-4-10-24-14)17(21-20-15)12-6-8-13(23-2)9-7-12/h4-10H,3,11H2,1-2H3,(H,19,22)(H,20,21). The van der Waals surface area contributed by atoms with Crippen LogP contribution >= 0.6 is 11.3 Å². The molecule has 0 aliphatic heterocycles. The largest absolute Gasteiger partial charge is 0.497 e. The minimum absolute atomic E-state index is 0.0386. The van der Waals surface area contributed by atoms with E-state index in [0.717, 1.165) is 39.7 Å². The van der Waals surface area contributed by atoms with Crippen molar-refractivity contribution < 1.29 is 9.53 Å². The quantitative estimate of drug-likeness (QED) is 0.715. The first-order chi connectivity index (χ1) is 11.7. The van der Waals surface area contributed by atoms with Gasteiger partial charge < -0.3 is 10.1 Å². The lowest BCUT2D eigenvalue weighted by atomic mass is 10.1. The van der Waals surface area contributed by atoms with Crippen molar-refractivity contribution >= 4 is 22.9 Å². The van der Waals surface area contributed by atoms with Crippen LogP contribution in [-0.4, -0.2) is 23.2 Å². The number of rotatable bonds is 6. The predicted molar refractivity (Wildman–Crippen MR) is 96.6 cm³/mol. The third-order valence-corrected chi connectivity index (χ3v) is 4.61. The number of thiophene rings is 1. The first-order valence-corrected chi connectivity index (χ1v) is 8.63. The van der Waals surface area contributed by atoms with Gasteiger partial charge in [0.25, 0.3) is 0 Å². The Bertz CT molecular complexity index is 807. The van der Waals surface area contributed by atoms with Gasteiger partial charge in [0.1, 0.15) is 11.4 Å². The Balaban J connectivity index is 1.85. The number of H-pyrrole nitrogens is 1. The number of aryl methyl sites for hydroxylation is 1. The van der Waals surface area contributed by atoms with Crippen molar-refractivity contribution in [2.45, 2.75) is 19.8 Å². The summed E-state index contributed by atoms with van der Waals surface area (Å²) in [6.07, 6.45) is 1.13. The van der Waals surface area contributed by atoms with Crippen molar-refractivity contribution in [1.29, 1.82) is 0 Å². The van der Waals surface area contributed by atoms with Crippen molar-refractivity contribution in [3.63, 3.8) is 0 Å². The van der Waals surface area contributed by atoms with Crippen LogP contribution in [0.4, 0.5) is 5.69 Å². The average Bonchev–Trinajstić information content (AvgIpc) is 3.24. The summed E-state index contributed by atoms with van der Waals surface area (Å²) in [5.41, 5.74) is 3.34. The Morgan fingerprint density at radius 3 is 2.71 bits per heavy atom. The zero-order valence-electron chi connectivity index (χ0n) is 13.6. The van der Waals surface area contributed by atoms with E-state index < -0.39 is 0 Å². The van der Waals surface area contributed by atoms with Gasteiger partial charge in [-0.3, -0.25) is 9.89 Å². The summed E-state index contributed by atoms with van der Waals surface area (Å²) in [5, 5.41) is 12.4. The van der Waals surface area contributed by atoms with E-state index in [1.54, 1.807) is 18.4 Å². The number of carbonyl (C=O) groups excluding carboxylic acids is 1. The van der Waals surface area contributed by atoms with Gasteiger partial charge in [-0.25, -0.2) is 0 Å². The van der Waals surface area contributed by atoms with Gasteiger partial charge in [0.15, 0.2) is 0 Å². The summed E-state index contributed by atoms with van der Waals surface area (Å²) in [6.45, 7) is 2.03. The normalized spacial score (nSPS) is 10.6. The second kappa shape index (κ2) is 7.31. The topological polar surface area (TPSA) is 67.0 Å². The molecular formula is C18H19N3O2S. The molecule has 3 aromatic rings. The Morgan fingerprint density at radius 1 is 1.29 bits per heavy atom. The van der Waals surface area contributed by atoms with E-state index in [2.05, 4.69) is 15.5 Å². The second-order valence-electron chi connectivity index (χ2n) is 5.31. The highest BCUT2D eigenvalue weighted by Crippen LogP contribution is 2.30. The number of anilines is 1. The second-order valence-corrected chi connectivity index (χ2v) is 6.34. The number of carbonyl (C=O) groups is 1. The van der Waals surface area contributed by atoms with Crippen LogP contribution in [0.1, 0.15) is 17.5 Å². The number of nitrogens with zero attached hydrogens (tertiary/aromatic N) is 1. The number of benzene rings is 1. The molecule has 24 heavy (non-hydrogen) atoms.